The van der Waals surface area contributed by atoms with Crippen molar-refractivity contribution in [2.75, 3.05) is 0 Å². The highest BCUT2D eigenvalue weighted by molar-refractivity contribution is 5.77. The van der Waals surface area contributed by atoms with Gasteiger partial charge in [0.2, 0.25) is 6.33 Å². The summed E-state index contributed by atoms with van der Waals surface area (Å²) in [4.78, 5) is 0. The smallest absolute Gasteiger partial charge is 0.244 e. The minimum Gasteiger partial charge on any atom is -0.319 e. The summed E-state index contributed by atoms with van der Waals surface area (Å²) in [6.07, 6.45) is 3.36. The molecular formula is C22H17FN2. The molecule has 0 aliphatic rings. The van der Waals surface area contributed by atoms with E-state index in [2.05, 4.69) is 30.6 Å². The molecule has 1 heterocycles. The van der Waals surface area contributed by atoms with Crippen LogP contribution in [-0.2, 0) is 7.05 Å². The second kappa shape index (κ2) is 6.36. The molecule has 0 fully saturated rings. The van der Waals surface area contributed by atoms with Crippen LogP contribution in [-0.4, -0.2) is 4.57 Å². The minimum atomic E-state index is -0.246. The van der Waals surface area contributed by atoms with Crippen molar-refractivity contribution in [1.29, 1.82) is 0 Å². The third kappa shape index (κ3) is 2.85. The molecule has 0 saturated carbocycles. The molecule has 1 aromatic heterocycles. The zero-order valence-electron chi connectivity index (χ0n) is 13.9. The Morgan fingerprint density at radius 3 is 1.92 bits per heavy atom. The topological polar surface area (TPSA) is 8.81 Å². The fourth-order valence-electron chi connectivity index (χ4n) is 3.08. The van der Waals surface area contributed by atoms with E-state index in [1.165, 1.54) is 12.1 Å². The standard InChI is InChI=1S/C22H17FN2/c1-24-16-25(20-14-12-19(23)13-15-20)22(18-10-6-3-7-11-18)21(24)17-8-4-2-5-9-17/h2-15H,1H3. The Hall–Kier alpha value is -3.20. The van der Waals surface area contributed by atoms with Crippen molar-refractivity contribution in [1.82, 2.24) is 4.57 Å². The van der Waals surface area contributed by atoms with Gasteiger partial charge in [0.15, 0.2) is 0 Å². The van der Waals surface area contributed by atoms with Gasteiger partial charge in [-0.3, -0.25) is 0 Å². The molecule has 0 aliphatic heterocycles. The van der Waals surface area contributed by atoms with E-state index >= 15 is 0 Å². The van der Waals surface area contributed by atoms with E-state index in [1.807, 2.05) is 52.6 Å². The molecule has 2 nitrogen and oxygen atoms in total. The molecular weight excluding hydrogens is 311 g/mol. The van der Waals surface area contributed by atoms with Crippen LogP contribution in [0.4, 0.5) is 4.39 Å². The van der Waals surface area contributed by atoms with Crippen molar-refractivity contribution in [2.24, 2.45) is 7.05 Å². The van der Waals surface area contributed by atoms with Gasteiger partial charge in [-0.05, 0) is 23.3 Å². The third-order valence-corrected chi connectivity index (χ3v) is 4.21. The Morgan fingerprint density at radius 2 is 1.32 bits per heavy atom. The normalized spacial score (nSPS) is 10.8. The molecule has 25 heavy (non-hydrogen) atoms. The number of benzene rings is 3. The minimum absolute atomic E-state index is 0.246. The Labute approximate surface area is 146 Å². The lowest BCUT2D eigenvalue weighted by atomic mass is 10.0. The molecule has 0 aliphatic carbocycles. The van der Waals surface area contributed by atoms with Gasteiger partial charge in [0, 0.05) is 0 Å². The van der Waals surface area contributed by atoms with E-state index in [9.17, 15) is 4.39 Å². The Kier molecular flexibility index (Phi) is 3.90. The predicted molar refractivity (Wildman–Crippen MR) is 96.6 cm³/mol. The number of rotatable bonds is 3. The van der Waals surface area contributed by atoms with E-state index in [0.717, 1.165) is 28.2 Å². The third-order valence-electron chi connectivity index (χ3n) is 4.21. The lowest BCUT2D eigenvalue weighted by molar-refractivity contribution is -0.664. The number of aryl methyl sites for hydroxylation is 1. The molecule has 0 saturated heterocycles. The quantitative estimate of drug-likeness (QED) is 0.385. The van der Waals surface area contributed by atoms with Gasteiger partial charge in [0.1, 0.15) is 5.82 Å². The van der Waals surface area contributed by atoms with Gasteiger partial charge in [-0.2, -0.15) is 0 Å². The van der Waals surface area contributed by atoms with Gasteiger partial charge in [-0.15, -0.1) is 0 Å². The summed E-state index contributed by atoms with van der Waals surface area (Å²) in [7, 11) is 1.98. The molecule has 0 atom stereocenters. The fraction of sp³-hybridized carbons (Fsp3) is 0.0455. The van der Waals surface area contributed by atoms with E-state index in [4.69, 9.17) is 0 Å². The van der Waals surface area contributed by atoms with Crippen LogP contribution in [0.3, 0.4) is 0 Å². The number of hydrogen-bond acceptors (Lipinski definition) is 0. The zero-order valence-corrected chi connectivity index (χ0v) is 13.9. The van der Waals surface area contributed by atoms with Gasteiger partial charge in [-0.1, -0.05) is 72.8 Å². The molecule has 0 N–H and O–H groups in total. The predicted octanol–water partition coefficient (Wildman–Crippen LogP) is 4.58. The first-order valence-corrected chi connectivity index (χ1v) is 8.15. The van der Waals surface area contributed by atoms with Gasteiger partial charge in [-0.25, -0.2) is 4.39 Å². The summed E-state index contributed by atoms with van der Waals surface area (Å²) in [5.41, 5.74) is 5.17. The molecule has 4 aromatic rings. The summed E-state index contributed by atoms with van der Waals surface area (Å²) in [6.45, 7) is 0. The van der Waals surface area contributed by atoms with Gasteiger partial charge >= 0.3 is 0 Å². The highest BCUT2D eigenvalue weighted by Gasteiger charge is 2.17. The van der Waals surface area contributed by atoms with Crippen LogP contribution in [0.25, 0.3) is 28.2 Å². The van der Waals surface area contributed by atoms with Crippen LogP contribution in [0.2, 0.25) is 0 Å². The van der Waals surface area contributed by atoms with Gasteiger partial charge in [0.25, 0.3) is 0 Å². The summed E-state index contributed by atoms with van der Waals surface area (Å²) in [5.74, 6) is -0.246. The van der Waals surface area contributed by atoms with E-state index < -0.39 is 0 Å². The monoisotopic (exact) mass is 328 g/mol. The lowest BCUT2D eigenvalue weighted by Gasteiger charge is -2.13. The Bertz CT molecular complexity index is 988. The number of imidazole rings is 1. The zero-order chi connectivity index (χ0) is 17.2. The van der Waals surface area contributed by atoms with Crippen molar-refractivity contribution in [3.63, 3.8) is 0 Å². The first-order chi connectivity index (χ1) is 12.2. The second-order valence-corrected chi connectivity index (χ2v) is 5.90. The highest BCUT2D eigenvalue weighted by Crippen LogP contribution is 2.31. The van der Waals surface area contributed by atoms with Crippen molar-refractivity contribution in [3.8, 4) is 28.2 Å². The molecule has 4 rings (SSSR count). The second-order valence-electron chi connectivity index (χ2n) is 5.90. The van der Waals surface area contributed by atoms with Gasteiger partial charge in [0.05, 0.1) is 24.1 Å². The summed E-state index contributed by atoms with van der Waals surface area (Å²) in [5, 5.41) is 0. The number of hydrogen-bond donors (Lipinski definition) is 0. The molecule has 0 radical (unpaired) electrons. The molecule has 0 spiro atoms. The number of aromatic nitrogens is 2. The van der Waals surface area contributed by atoms with Crippen LogP contribution < -0.4 is 4.57 Å². The van der Waals surface area contributed by atoms with Crippen LogP contribution in [0, 0.1) is 12.1 Å². The van der Waals surface area contributed by atoms with Gasteiger partial charge < -0.3 is 9.13 Å². The first kappa shape index (κ1) is 15.3. The molecule has 122 valence electrons. The van der Waals surface area contributed by atoms with Crippen LogP contribution in [0.15, 0.2) is 84.9 Å². The molecule has 0 amide bonds. The fourth-order valence-corrected chi connectivity index (χ4v) is 3.08. The van der Waals surface area contributed by atoms with E-state index in [1.54, 1.807) is 12.1 Å². The van der Waals surface area contributed by atoms with Crippen molar-refractivity contribution in [3.05, 3.63) is 97.1 Å². The average molecular weight is 328 g/mol. The number of nitrogens with zero attached hydrogens (tertiary/aromatic N) is 2. The Morgan fingerprint density at radius 1 is 0.760 bits per heavy atom. The average Bonchev–Trinajstić information content (AvgIpc) is 3.01. The van der Waals surface area contributed by atoms with Crippen molar-refractivity contribution in [2.45, 2.75) is 0 Å². The molecule has 3 aromatic carbocycles. The highest BCUT2D eigenvalue weighted by atomic mass is 19.1. The molecule has 3 heteroatoms. The van der Waals surface area contributed by atoms with E-state index in [-0.39, 0.29) is 5.82 Å². The van der Waals surface area contributed by atoms with Crippen LogP contribution in [0.1, 0.15) is 0 Å². The SMILES string of the molecule is C[n+]1[c-]n(-c2ccc(F)cc2)c(-c2ccccc2)c1-c1ccccc1. The lowest BCUT2D eigenvalue weighted by Crippen LogP contribution is -2.28. The molecule has 0 unspecified atom stereocenters. The first-order valence-electron chi connectivity index (χ1n) is 8.15. The summed E-state index contributed by atoms with van der Waals surface area (Å²) in [6, 6.07) is 26.9. The summed E-state index contributed by atoms with van der Waals surface area (Å²) < 4.78 is 17.3. The maximum atomic E-state index is 13.4. The van der Waals surface area contributed by atoms with Crippen molar-refractivity contribution >= 4 is 0 Å². The number of halogens is 1. The molecule has 0 bridgehead atoms. The maximum absolute atomic E-state index is 13.4. The largest absolute Gasteiger partial charge is 0.319 e. The Balaban J connectivity index is 2.01. The van der Waals surface area contributed by atoms with E-state index in [0.29, 0.717) is 0 Å². The van der Waals surface area contributed by atoms with Crippen LogP contribution in [0.5, 0.6) is 0 Å². The van der Waals surface area contributed by atoms with Crippen LogP contribution >= 0.6 is 0 Å². The summed E-state index contributed by atoms with van der Waals surface area (Å²) >= 11 is 0. The maximum Gasteiger partial charge on any atom is 0.244 e. The van der Waals surface area contributed by atoms with Crippen molar-refractivity contribution < 1.29 is 8.96 Å².